The van der Waals surface area contributed by atoms with Crippen molar-refractivity contribution in [1.82, 2.24) is 19.5 Å². The van der Waals surface area contributed by atoms with E-state index < -0.39 is 5.97 Å². The average molecular weight is 302 g/mol. The van der Waals surface area contributed by atoms with Crippen LogP contribution in [0.3, 0.4) is 0 Å². The van der Waals surface area contributed by atoms with Gasteiger partial charge in [0, 0.05) is 19.0 Å². The zero-order chi connectivity index (χ0) is 15.7. The Kier molecular flexibility index (Phi) is 4.11. The normalized spacial score (nSPS) is 19.9. The van der Waals surface area contributed by atoms with Crippen molar-refractivity contribution >= 4 is 11.6 Å². The molecule has 1 aliphatic heterocycles. The summed E-state index contributed by atoms with van der Waals surface area (Å²) in [5, 5.41) is 17.7. The maximum absolute atomic E-state index is 11.4. The SMILES string of the molecule is CC(C)N1CCCC(Cc2nnc3cccc(C(=O)O)n23)C1. The summed E-state index contributed by atoms with van der Waals surface area (Å²) in [6.07, 6.45) is 3.12. The minimum absolute atomic E-state index is 0.231. The summed E-state index contributed by atoms with van der Waals surface area (Å²) in [5.74, 6) is 0.313. The van der Waals surface area contributed by atoms with Crippen LogP contribution in [-0.2, 0) is 6.42 Å². The second-order valence-corrected chi connectivity index (χ2v) is 6.33. The van der Waals surface area contributed by atoms with E-state index in [1.807, 2.05) is 0 Å². The summed E-state index contributed by atoms with van der Waals surface area (Å²) in [6, 6.07) is 5.65. The Hall–Kier alpha value is -1.95. The fraction of sp³-hybridized carbons (Fsp3) is 0.562. The first kappa shape index (κ1) is 15.0. The maximum Gasteiger partial charge on any atom is 0.352 e. The molecule has 3 rings (SSSR count). The lowest BCUT2D eigenvalue weighted by molar-refractivity contribution is 0.0688. The lowest BCUT2D eigenvalue weighted by Crippen LogP contribution is -2.40. The van der Waals surface area contributed by atoms with Crippen LogP contribution in [-0.4, -0.2) is 49.7 Å². The van der Waals surface area contributed by atoms with Gasteiger partial charge in [0.25, 0.3) is 0 Å². The molecule has 118 valence electrons. The first-order valence-corrected chi connectivity index (χ1v) is 7.86. The molecule has 1 fully saturated rings. The zero-order valence-corrected chi connectivity index (χ0v) is 13.1. The number of fused-ring (bicyclic) bond motifs is 1. The highest BCUT2D eigenvalue weighted by molar-refractivity contribution is 5.86. The third-order valence-corrected chi connectivity index (χ3v) is 4.47. The number of rotatable bonds is 4. The highest BCUT2D eigenvalue weighted by Gasteiger charge is 2.24. The van der Waals surface area contributed by atoms with E-state index in [0.29, 0.717) is 17.6 Å². The smallest absolute Gasteiger partial charge is 0.352 e. The van der Waals surface area contributed by atoms with Gasteiger partial charge in [-0.3, -0.25) is 4.40 Å². The van der Waals surface area contributed by atoms with Crippen molar-refractivity contribution in [1.29, 1.82) is 0 Å². The predicted octanol–water partition coefficient (Wildman–Crippen LogP) is 2.09. The number of hydrogen-bond donors (Lipinski definition) is 1. The van der Waals surface area contributed by atoms with E-state index in [4.69, 9.17) is 0 Å². The molecule has 1 saturated heterocycles. The van der Waals surface area contributed by atoms with Crippen LogP contribution < -0.4 is 0 Å². The van der Waals surface area contributed by atoms with Crippen molar-refractivity contribution < 1.29 is 9.90 Å². The van der Waals surface area contributed by atoms with Gasteiger partial charge in [-0.1, -0.05) is 6.07 Å². The standard InChI is InChI=1S/C16H22N4O2/c1-11(2)19-8-4-5-12(10-19)9-15-18-17-14-7-3-6-13(16(21)22)20(14)15/h3,6-7,11-12H,4-5,8-10H2,1-2H3,(H,21,22). The molecule has 0 amide bonds. The summed E-state index contributed by atoms with van der Waals surface area (Å²) >= 11 is 0. The molecule has 0 radical (unpaired) electrons. The highest BCUT2D eigenvalue weighted by Crippen LogP contribution is 2.22. The van der Waals surface area contributed by atoms with E-state index in [1.54, 1.807) is 22.6 Å². The molecule has 1 N–H and O–H groups in total. The van der Waals surface area contributed by atoms with Crippen LogP contribution in [0.15, 0.2) is 18.2 Å². The summed E-state index contributed by atoms with van der Waals surface area (Å²) in [4.78, 5) is 13.9. The molecule has 1 unspecified atom stereocenters. The van der Waals surface area contributed by atoms with Gasteiger partial charge in [-0.05, 0) is 51.3 Å². The number of carboxylic acid groups (broad SMARTS) is 1. The largest absolute Gasteiger partial charge is 0.477 e. The number of pyridine rings is 1. The number of hydrogen-bond acceptors (Lipinski definition) is 4. The zero-order valence-electron chi connectivity index (χ0n) is 13.1. The topological polar surface area (TPSA) is 70.7 Å². The number of piperidine rings is 1. The van der Waals surface area contributed by atoms with Crippen LogP contribution >= 0.6 is 0 Å². The van der Waals surface area contributed by atoms with E-state index >= 15 is 0 Å². The second-order valence-electron chi connectivity index (χ2n) is 6.33. The van der Waals surface area contributed by atoms with Crippen LogP contribution in [0.5, 0.6) is 0 Å². The van der Waals surface area contributed by atoms with Gasteiger partial charge in [-0.25, -0.2) is 4.79 Å². The van der Waals surface area contributed by atoms with E-state index in [2.05, 4.69) is 28.9 Å². The molecule has 0 aromatic carbocycles. The van der Waals surface area contributed by atoms with Gasteiger partial charge in [0.2, 0.25) is 0 Å². The summed E-state index contributed by atoms with van der Waals surface area (Å²) in [7, 11) is 0. The van der Waals surface area contributed by atoms with Crippen LogP contribution in [0.2, 0.25) is 0 Å². The Bertz CT molecular complexity index is 680. The summed E-state index contributed by atoms with van der Waals surface area (Å²) in [6.45, 7) is 6.63. The van der Waals surface area contributed by atoms with Gasteiger partial charge in [0.05, 0.1) is 0 Å². The van der Waals surface area contributed by atoms with Gasteiger partial charge >= 0.3 is 5.97 Å². The molecule has 0 aliphatic carbocycles. The first-order chi connectivity index (χ1) is 10.6. The van der Waals surface area contributed by atoms with Crippen molar-refractivity contribution in [3.8, 4) is 0 Å². The molecule has 2 aromatic heterocycles. The van der Waals surface area contributed by atoms with Crippen molar-refractivity contribution in [3.63, 3.8) is 0 Å². The second kappa shape index (κ2) is 6.04. The average Bonchev–Trinajstić information content (AvgIpc) is 2.90. The first-order valence-electron chi connectivity index (χ1n) is 7.86. The van der Waals surface area contributed by atoms with Gasteiger partial charge < -0.3 is 10.0 Å². The lowest BCUT2D eigenvalue weighted by atomic mass is 9.93. The number of aromatic nitrogens is 3. The Morgan fingerprint density at radius 3 is 2.95 bits per heavy atom. The molecule has 0 saturated carbocycles. The van der Waals surface area contributed by atoms with Crippen LogP contribution in [0.4, 0.5) is 0 Å². The Balaban J connectivity index is 1.86. The van der Waals surface area contributed by atoms with E-state index in [1.165, 1.54) is 6.42 Å². The van der Waals surface area contributed by atoms with E-state index in [0.717, 1.165) is 31.8 Å². The number of carboxylic acids is 1. The monoisotopic (exact) mass is 302 g/mol. The minimum Gasteiger partial charge on any atom is -0.477 e. The minimum atomic E-state index is -0.945. The molecule has 6 nitrogen and oxygen atoms in total. The molecule has 0 bridgehead atoms. The van der Waals surface area contributed by atoms with Crippen molar-refractivity contribution in [3.05, 3.63) is 29.7 Å². The van der Waals surface area contributed by atoms with Gasteiger partial charge in [0.1, 0.15) is 11.5 Å². The van der Waals surface area contributed by atoms with Crippen molar-refractivity contribution in [2.24, 2.45) is 5.92 Å². The molecule has 3 heterocycles. The highest BCUT2D eigenvalue weighted by atomic mass is 16.4. The quantitative estimate of drug-likeness (QED) is 0.936. The van der Waals surface area contributed by atoms with Crippen LogP contribution in [0, 0.1) is 5.92 Å². The van der Waals surface area contributed by atoms with E-state index in [9.17, 15) is 9.90 Å². The van der Waals surface area contributed by atoms with Gasteiger partial charge in [-0.15, -0.1) is 10.2 Å². The van der Waals surface area contributed by atoms with Gasteiger partial charge in [-0.2, -0.15) is 0 Å². The third kappa shape index (κ3) is 2.83. The predicted molar refractivity (Wildman–Crippen MR) is 83.1 cm³/mol. The Morgan fingerprint density at radius 1 is 1.41 bits per heavy atom. The summed E-state index contributed by atoms with van der Waals surface area (Å²) < 4.78 is 1.68. The van der Waals surface area contributed by atoms with Crippen LogP contribution in [0.25, 0.3) is 5.65 Å². The number of carbonyl (C=O) groups is 1. The molecule has 1 aliphatic rings. The Morgan fingerprint density at radius 2 is 2.23 bits per heavy atom. The Labute approximate surface area is 129 Å². The molecule has 22 heavy (non-hydrogen) atoms. The van der Waals surface area contributed by atoms with Crippen molar-refractivity contribution in [2.75, 3.05) is 13.1 Å². The number of aromatic carboxylic acids is 1. The van der Waals surface area contributed by atoms with E-state index in [-0.39, 0.29) is 5.69 Å². The molecule has 6 heteroatoms. The van der Waals surface area contributed by atoms with Crippen LogP contribution in [0.1, 0.15) is 43.0 Å². The maximum atomic E-state index is 11.4. The number of nitrogens with zero attached hydrogens (tertiary/aromatic N) is 4. The van der Waals surface area contributed by atoms with Crippen molar-refractivity contribution in [2.45, 2.75) is 39.2 Å². The molecule has 0 spiro atoms. The molecular formula is C16H22N4O2. The molecule has 2 aromatic rings. The third-order valence-electron chi connectivity index (χ3n) is 4.47. The fourth-order valence-corrected chi connectivity index (χ4v) is 3.29. The lowest BCUT2D eigenvalue weighted by Gasteiger charge is -2.35. The summed E-state index contributed by atoms with van der Waals surface area (Å²) in [5.41, 5.74) is 0.834. The number of likely N-dealkylation sites (tertiary alicyclic amines) is 1. The molecule has 1 atom stereocenters. The fourth-order valence-electron chi connectivity index (χ4n) is 3.29. The van der Waals surface area contributed by atoms with Gasteiger partial charge in [0.15, 0.2) is 5.65 Å². The molecular weight excluding hydrogens is 280 g/mol.